The molecule has 0 atom stereocenters. The van der Waals surface area contributed by atoms with Crippen molar-refractivity contribution in [3.8, 4) is 0 Å². The average molecular weight is 319 g/mol. The van der Waals surface area contributed by atoms with Gasteiger partial charge in [0.1, 0.15) is 11.6 Å². The van der Waals surface area contributed by atoms with Gasteiger partial charge in [-0.2, -0.15) is 0 Å². The van der Waals surface area contributed by atoms with Gasteiger partial charge in [-0.15, -0.1) is 10.2 Å². The minimum Gasteiger partial charge on any atom is -0.381 e. The second kappa shape index (κ2) is 7.81. The summed E-state index contributed by atoms with van der Waals surface area (Å²) in [6.07, 6.45) is 6.67. The summed E-state index contributed by atoms with van der Waals surface area (Å²) in [7, 11) is 0. The maximum Gasteiger partial charge on any atom is 0.136 e. The molecular formula is C17H29N5O. The van der Waals surface area contributed by atoms with Gasteiger partial charge in [0.15, 0.2) is 0 Å². The van der Waals surface area contributed by atoms with Gasteiger partial charge in [-0.3, -0.25) is 0 Å². The molecule has 0 unspecified atom stereocenters. The van der Waals surface area contributed by atoms with Crippen LogP contribution in [0.25, 0.3) is 0 Å². The summed E-state index contributed by atoms with van der Waals surface area (Å²) < 4.78 is 7.67. The number of hydrogen-bond donors (Lipinski definition) is 2. The first-order chi connectivity index (χ1) is 11.3. The van der Waals surface area contributed by atoms with Gasteiger partial charge in [-0.1, -0.05) is 6.58 Å². The Balaban J connectivity index is 1.37. The van der Waals surface area contributed by atoms with Gasteiger partial charge in [-0.25, -0.2) is 0 Å². The van der Waals surface area contributed by atoms with Gasteiger partial charge in [0.2, 0.25) is 0 Å². The van der Waals surface area contributed by atoms with Crippen molar-refractivity contribution >= 4 is 0 Å². The van der Waals surface area contributed by atoms with Crippen molar-refractivity contribution < 1.29 is 4.74 Å². The maximum absolute atomic E-state index is 5.37. The number of ether oxygens (including phenoxy) is 1. The normalized spacial score (nSPS) is 18.8. The molecule has 6 nitrogen and oxygen atoms in total. The Hall–Kier alpha value is -1.56. The Morgan fingerprint density at radius 1 is 1.26 bits per heavy atom. The maximum atomic E-state index is 5.37. The van der Waals surface area contributed by atoms with Gasteiger partial charge < -0.3 is 19.9 Å². The summed E-state index contributed by atoms with van der Waals surface area (Å²) in [5.41, 5.74) is 0. The van der Waals surface area contributed by atoms with Crippen molar-refractivity contribution in [2.45, 2.75) is 64.0 Å². The summed E-state index contributed by atoms with van der Waals surface area (Å²) in [4.78, 5) is 0. The van der Waals surface area contributed by atoms with Gasteiger partial charge >= 0.3 is 0 Å². The smallest absolute Gasteiger partial charge is 0.136 e. The summed E-state index contributed by atoms with van der Waals surface area (Å²) in [5.74, 6) is 3.91. The SMILES string of the molecule is C=C(NCCCc1nnc(C2CC2)n1CC)NC1CCOCC1. The van der Waals surface area contributed by atoms with E-state index < -0.39 is 0 Å². The van der Waals surface area contributed by atoms with E-state index in [-0.39, 0.29) is 0 Å². The van der Waals surface area contributed by atoms with E-state index >= 15 is 0 Å². The van der Waals surface area contributed by atoms with Gasteiger partial charge in [0, 0.05) is 44.7 Å². The molecule has 1 aliphatic carbocycles. The van der Waals surface area contributed by atoms with Gasteiger partial charge in [-0.05, 0) is 39.0 Å². The van der Waals surface area contributed by atoms with Crippen LogP contribution in [0.15, 0.2) is 12.4 Å². The fourth-order valence-corrected chi connectivity index (χ4v) is 3.15. The van der Waals surface area contributed by atoms with E-state index in [2.05, 4.69) is 38.9 Å². The molecule has 0 amide bonds. The van der Waals surface area contributed by atoms with Crippen LogP contribution in [-0.2, 0) is 17.7 Å². The molecule has 1 aromatic heterocycles. The first kappa shape index (κ1) is 16.3. The number of nitrogens with zero attached hydrogens (tertiary/aromatic N) is 3. The van der Waals surface area contributed by atoms with Crippen molar-refractivity contribution in [2.75, 3.05) is 19.8 Å². The summed E-state index contributed by atoms with van der Waals surface area (Å²) in [6, 6.07) is 0.494. The topological polar surface area (TPSA) is 64.0 Å². The molecule has 0 aromatic carbocycles. The molecule has 2 heterocycles. The quantitative estimate of drug-likeness (QED) is 0.681. The molecule has 1 saturated heterocycles. The molecule has 1 aromatic rings. The molecule has 2 N–H and O–H groups in total. The molecule has 1 saturated carbocycles. The number of aryl methyl sites for hydroxylation is 1. The average Bonchev–Trinajstić information content (AvgIpc) is 3.33. The van der Waals surface area contributed by atoms with E-state index in [0.29, 0.717) is 12.0 Å². The van der Waals surface area contributed by atoms with Gasteiger partial charge in [0.25, 0.3) is 0 Å². The van der Waals surface area contributed by atoms with E-state index in [4.69, 9.17) is 4.74 Å². The highest BCUT2D eigenvalue weighted by atomic mass is 16.5. The Bertz CT molecular complexity index is 517. The highest BCUT2D eigenvalue weighted by Crippen LogP contribution is 2.39. The van der Waals surface area contributed by atoms with Crippen molar-refractivity contribution in [2.24, 2.45) is 0 Å². The molecule has 0 radical (unpaired) electrons. The second-order valence-corrected chi connectivity index (χ2v) is 6.53. The molecule has 2 aliphatic rings. The summed E-state index contributed by atoms with van der Waals surface area (Å²) >= 11 is 0. The monoisotopic (exact) mass is 319 g/mol. The van der Waals surface area contributed by atoms with Crippen molar-refractivity contribution in [1.29, 1.82) is 0 Å². The zero-order valence-corrected chi connectivity index (χ0v) is 14.2. The van der Waals surface area contributed by atoms with E-state index in [9.17, 15) is 0 Å². The Labute approximate surface area is 138 Å². The first-order valence-corrected chi connectivity index (χ1v) is 8.97. The van der Waals surface area contributed by atoms with E-state index in [0.717, 1.165) is 63.6 Å². The highest BCUT2D eigenvalue weighted by molar-refractivity contribution is 5.08. The van der Waals surface area contributed by atoms with Crippen LogP contribution in [0.3, 0.4) is 0 Å². The van der Waals surface area contributed by atoms with Crippen LogP contribution < -0.4 is 10.6 Å². The molecule has 2 fully saturated rings. The third kappa shape index (κ3) is 4.47. The minimum atomic E-state index is 0.494. The molecule has 23 heavy (non-hydrogen) atoms. The van der Waals surface area contributed by atoms with E-state index in [1.165, 1.54) is 18.7 Å². The molecule has 6 heteroatoms. The zero-order valence-electron chi connectivity index (χ0n) is 14.2. The second-order valence-electron chi connectivity index (χ2n) is 6.53. The van der Waals surface area contributed by atoms with E-state index in [1.54, 1.807) is 0 Å². The summed E-state index contributed by atoms with van der Waals surface area (Å²) in [5, 5.41) is 15.6. The lowest BCUT2D eigenvalue weighted by Crippen LogP contribution is -2.38. The first-order valence-electron chi connectivity index (χ1n) is 8.97. The zero-order chi connectivity index (χ0) is 16.1. The predicted molar refractivity (Wildman–Crippen MR) is 90.1 cm³/mol. The minimum absolute atomic E-state index is 0.494. The van der Waals surface area contributed by atoms with Crippen LogP contribution in [0.5, 0.6) is 0 Å². The Morgan fingerprint density at radius 2 is 2.04 bits per heavy atom. The van der Waals surface area contributed by atoms with Crippen LogP contribution in [0.2, 0.25) is 0 Å². The molecule has 1 aliphatic heterocycles. The molecule has 0 spiro atoms. The molecular weight excluding hydrogens is 290 g/mol. The standard InChI is InChI=1S/C17H29N5O/c1-3-22-16(20-21-17(22)14-6-7-14)5-4-10-18-13(2)19-15-8-11-23-12-9-15/h14-15,18-19H,2-12H2,1H3. The molecule has 128 valence electrons. The largest absolute Gasteiger partial charge is 0.381 e. The van der Waals surface area contributed by atoms with Crippen molar-refractivity contribution in [3.63, 3.8) is 0 Å². The van der Waals surface area contributed by atoms with Crippen molar-refractivity contribution in [1.82, 2.24) is 25.4 Å². The third-order valence-corrected chi connectivity index (χ3v) is 4.63. The van der Waals surface area contributed by atoms with Crippen LogP contribution >= 0.6 is 0 Å². The summed E-state index contributed by atoms with van der Waals surface area (Å²) in [6.45, 7) is 9.82. The van der Waals surface area contributed by atoms with Gasteiger partial charge in [0.05, 0.1) is 5.82 Å². The Morgan fingerprint density at radius 3 is 2.74 bits per heavy atom. The van der Waals surface area contributed by atoms with Crippen molar-refractivity contribution in [3.05, 3.63) is 24.0 Å². The van der Waals surface area contributed by atoms with Crippen LogP contribution in [0.1, 0.15) is 56.6 Å². The van der Waals surface area contributed by atoms with Crippen LogP contribution in [0.4, 0.5) is 0 Å². The fraction of sp³-hybridized carbons (Fsp3) is 0.765. The number of nitrogens with one attached hydrogen (secondary N) is 2. The van der Waals surface area contributed by atoms with E-state index in [1.807, 2.05) is 0 Å². The number of rotatable bonds is 9. The number of aromatic nitrogens is 3. The lowest BCUT2D eigenvalue weighted by atomic mass is 10.1. The fourth-order valence-electron chi connectivity index (χ4n) is 3.15. The van der Waals surface area contributed by atoms with Crippen LogP contribution in [-0.4, -0.2) is 40.6 Å². The van der Waals surface area contributed by atoms with Crippen LogP contribution in [0, 0.1) is 0 Å². The lowest BCUT2D eigenvalue weighted by Gasteiger charge is -2.25. The third-order valence-electron chi connectivity index (χ3n) is 4.63. The predicted octanol–water partition coefficient (Wildman–Crippen LogP) is 1.94. The number of hydrogen-bond acceptors (Lipinski definition) is 5. The Kier molecular flexibility index (Phi) is 5.54. The highest BCUT2D eigenvalue weighted by Gasteiger charge is 2.29. The molecule has 0 bridgehead atoms. The lowest BCUT2D eigenvalue weighted by molar-refractivity contribution is 0.0799. The molecule has 3 rings (SSSR count).